The van der Waals surface area contributed by atoms with E-state index in [2.05, 4.69) is 23.3 Å². The largest absolute Gasteiger partial charge is 0.481 e. The van der Waals surface area contributed by atoms with Crippen LogP contribution < -0.4 is 10.1 Å². The van der Waals surface area contributed by atoms with Gasteiger partial charge in [0.25, 0.3) is 0 Å². The topological polar surface area (TPSA) is 43.4 Å². The molecule has 1 aliphatic rings. The third kappa shape index (κ3) is 4.48. The van der Waals surface area contributed by atoms with Crippen LogP contribution in [0.15, 0.2) is 18.3 Å². The van der Waals surface area contributed by atoms with E-state index in [9.17, 15) is 0 Å². The van der Waals surface area contributed by atoms with Crippen LogP contribution in [-0.4, -0.2) is 30.8 Å². The molecule has 1 aromatic heterocycles. The Balaban J connectivity index is 1.77. The summed E-state index contributed by atoms with van der Waals surface area (Å²) in [4.78, 5) is 4.22. The molecule has 1 fully saturated rings. The Morgan fingerprint density at radius 2 is 2.37 bits per heavy atom. The average Bonchev–Trinajstić information content (AvgIpc) is 2.46. The Kier molecular flexibility index (Phi) is 5.61. The first-order valence-electron chi connectivity index (χ1n) is 7.15. The van der Waals surface area contributed by atoms with E-state index in [-0.39, 0.29) is 0 Å². The molecule has 0 bridgehead atoms. The van der Waals surface area contributed by atoms with Gasteiger partial charge in [0.2, 0.25) is 5.88 Å². The summed E-state index contributed by atoms with van der Waals surface area (Å²) in [6.45, 7) is 3.95. The van der Waals surface area contributed by atoms with Crippen molar-refractivity contribution in [2.75, 3.05) is 13.7 Å². The van der Waals surface area contributed by atoms with Crippen molar-refractivity contribution in [2.45, 2.75) is 51.3 Å². The van der Waals surface area contributed by atoms with E-state index in [1.807, 2.05) is 12.3 Å². The second-order valence-corrected chi connectivity index (χ2v) is 5.09. The molecule has 0 aromatic carbocycles. The van der Waals surface area contributed by atoms with Crippen LogP contribution in [-0.2, 0) is 11.3 Å². The van der Waals surface area contributed by atoms with Gasteiger partial charge >= 0.3 is 0 Å². The Morgan fingerprint density at radius 1 is 1.47 bits per heavy atom. The van der Waals surface area contributed by atoms with E-state index in [0.29, 0.717) is 18.0 Å². The number of pyridine rings is 1. The van der Waals surface area contributed by atoms with Gasteiger partial charge in [-0.3, -0.25) is 0 Å². The molecule has 4 nitrogen and oxygen atoms in total. The van der Waals surface area contributed by atoms with Gasteiger partial charge in [0.1, 0.15) is 0 Å². The van der Waals surface area contributed by atoms with Crippen LogP contribution in [0.4, 0.5) is 0 Å². The average molecular weight is 264 g/mol. The van der Waals surface area contributed by atoms with Gasteiger partial charge in [0, 0.05) is 31.5 Å². The molecule has 1 aliphatic heterocycles. The van der Waals surface area contributed by atoms with E-state index >= 15 is 0 Å². The highest BCUT2D eigenvalue weighted by Gasteiger charge is 2.21. The highest BCUT2D eigenvalue weighted by Crippen LogP contribution is 2.18. The first-order chi connectivity index (χ1) is 9.31. The highest BCUT2D eigenvalue weighted by atomic mass is 16.5. The molecule has 0 spiro atoms. The van der Waals surface area contributed by atoms with Gasteiger partial charge in [0.15, 0.2) is 0 Å². The number of ether oxygens (including phenoxy) is 2. The van der Waals surface area contributed by atoms with Gasteiger partial charge in [-0.15, -0.1) is 0 Å². The van der Waals surface area contributed by atoms with E-state index in [4.69, 9.17) is 9.47 Å². The maximum atomic E-state index is 5.76. The van der Waals surface area contributed by atoms with Gasteiger partial charge in [-0.05, 0) is 24.8 Å². The maximum Gasteiger partial charge on any atom is 0.212 e. The van der Waals surface area contributed by atoms with Crippen LogP contribution in [0.25, 0.3) is 0 Å². The predicted octanol–water partition coefficient (Wildman–Crippen LogP) is 2.53. The normalized spacial score (nSPS) is 23.3. The second kappa shape index (κ2) is 7.46. The summed E-state index contributed by atoms with van der Waals surface area (Å²) in [7, 11) is 1.64. The Labute approximate surface area is 115 Å². The second-order valence-electron chi connectivity index (χ2n) is 5.09. The minimum absolute atomic E-state index is 0.435. The van der Waals surface area contributed by atoms with Gasteiger partial charge in [-0.25, -0.2) is 4.98 Å². The summed E-state index contributed by atoms with van der Waals surface area (Å²) in [5, 5.41) is 3.60. The zero-order chi connectivity index (χ0) is 13.5. The molecule has 2 heterocycles. The van der Waals surface area contributed by atoms with Crippen LogP contribution in [0.3, 0.4) is 0 Å². The minimum Gasteiger partial charge on any atom is -0.481 e. The van der Waals surface area contributed by atoms with Crippen LogP contribution in [0.1, 0.15) is 38.2 Å². The number of nitrogens with one attached hydrogen (secondary N) is 1. The third-order valence-corrected chi connectivity index (χ3v) is 3.58. The number of methoxy groups -OCH3 is 1. The molecule has 2 rings (SSSR count). The number of hydrogen-bond acceptors (Lipinski definition) is 4. The van der Waals surface area contributed by atoms with Crippen molar-refractivity contribution < 1.29 is 9.47 Å². The lowest BCUT2D eigenvalue weighted by Gasteiger charge is -2.30. The summed E-state index contributed by atoms with van der Waals surface area (Å²) < 4.78 is 10.8. The molecule has 1 saturated heterocycles. The lowest BCUT2D eigenvalue weighted by Crippen LogP contribution is -2.38. The summed E-state index contributed by atoms with van der Waals surface area (Å²) >= 11 is 0. The van der Waals surface area contributed by atoms with Gasteiger partial charge in [0.05, 0.1) is 13.2 Å². The summed E-state index contributed by atoms with van der Waals surface area (Å²) in [5.74, 6) is 0.665. The molecular weight excluding hydrogens is 240 g/mol. The Bertz CT molecular complexity index is 365. The van der Waals surface area contributed by atoms with E-state index in [1.54, 1.807) is 7.11 Å². The van der Waals surface area contributed by atoms with Gasteiger partial charge < -0.3 is 14.8 Å². The lowest BCUT2D eigenvalue weighted by molar-refractivity contribution is -0.00343. The standard InChI is InChI=1S/C15H24N2O2/c1-3-4-14-9-13(7-8-19-14)16-10-12-5-6-15(18-2)17-11-12/h5-6,11,13-14,16H,3-4,7-10H2,1-2H3. The van der Waals surface area contributed by atoms with Crippen LogP contribution in [0, 0.1) is 0 Å². The monoisotopic (exact) mass is 264 g/mol. The summed E-state index contributed by atoms with van der Waals surface area (Å²) in [6, 6.07) is 4.52. The summed E-state index contributed by atoms with van der Waals surface area (Å²) in [6.07, 6.45) is 6.89. The quantitative estimate of drug-likeness (QED) is 0.857. The summed E-state index contributed by atoms with van der Waals surface area (Å²) in [5.41, 5.74) is 1.19. The van der Waals surface area contributed by atoms with Crippen molar-refractivity contribution in [3.8, 4) is 5.88 Å². The smallest absolute Gasteiger partial charge is 0.212 e. The number of rotatable bonds is 6. The van der Waals surface area contributed by atoms with Crippen molar-refractivity contribution in [1.82, 2.24) is 10.3 Å². The maximum absolute atomic E-state index is 5.76. The minimum atomic E-state index is 0.435. The lowest BCUT2D eigenvalue weighted by atomic mass is 10.00. The molecule has 19 heavy (non-hydrogen) atoms. The van der Waals surface area contributed by atoms with Crippen molar-refractivity contribution >= 4 is 0 Å². The zero-order valence-electron chi connectivity index (χ0n) is 11.9. The van der Waals surface area contributed by atoms with Crippen LogP contribution in [0.5, 0.6) is 5.88 Å². The fourth-order valence-electron chi connectivity index (χ4n) is 2.49. The Hall–Kier alpha value is -1.13. The molecule has 0 saturated carbocycles. The van der Waals surface area contributed by atoms with Crippen LogP contribution >= 0.6 is 0 Å². The SMILES string of the molecule is CCCC1CC(NCc2ccc(OC)nc2)CCO1. The number of hydrogen-bond donors (Lipinski definition) is 1. The first-order valence-corrected chi connectivity index (χ1v) is 7.15. The Morgan fingerprint density at radius 3 is 3.05 bits per heavy atom. The zero-order valence-corrected chi connectivity index (χ0v) is 11.9. The molecule has 106 valence electrons. The predicted molar refractivity (Wildman–Crippen MR) is 75.3 cm³/mol. The van der Waals surface area contributed by atoms with Crippen LogP contribution in [0.2, 0.25) is 0 Å². The van der Waals surface area contributed by atoms with E-state index < -0.39 is 0 Å². The molecular formula is C15H24N2O2. The van der Waals surface area contributed by atoms with Gasteiger partial charge in [-0.1, -0.05) is 19.4 Å². The third-order valence-electron chi connectivity index (χ3n) is 3.58. The van der Waals surface area contributed by atoms with Gasteiger partial charge in [-0.2, -0.15) is 0 Å². The van der Waals surface area contributed by atoms with Crippen molar-refractivity contribution in [2.24, 2.45) is 0 Å². The fourth-order valence-corrected chi connectivity index (χ4v) is 2.49. The number of nitrogens with zero attached hydrogens (tertiary/aromatic N) is 1. The van der Waals surface area contributed by atoms with Crippen molar-refractivity contribution in [1.29, 1.82) is 0 Å². The molecule has 0 radical (unpaired) electrons. The highest BCUT2D eigenvalue weighted by molar-refractivity contribution is 5.17. The van der Waals surface area contributed by atoms with Crippen molar-refractivity contribution in [3.05, 3.63) is 23.9 Å². The fraction of sp³-hybridized carbons (Fsp3) is 0.667. The first kappa shape index (κ1) is 14.3. The van der Waals surface area contributed by atoms with E-state index in [0.717, 1.165) is 26.0 Å². The van der Waals surface area contributed by atoms with E-state index in [1.165, 1.54) is 18.4 Å². The number of aromatic nitrogens is 1. The molecule has 1 aromatic rings. The molecule has 2 unspecified atom stereocenters. The molecule has 0 aliphatic carbocycles. The molecule has 2 atom stereocenters. The molecule has 1 N–H and O–H groups in total. The molecule has 4 heteroatoms. The van der Waals surface area contributed by atoms with Crippen molar-refractivity contribution in [3.63, 3.8) is 0 Å². The molecule has 0 amide bonds.